The molecule has 0 saturated heterocycles. The molecule has 0 unspecified atom stereocenters. The molecule has 1 fully saturated rings. The van der Waals surface area contributed by atoms with Crippen LogP contribution >= 0.6 is 11.8 Å². The largest absolute Gasteiger partial charge is 0.399 e. The first kappa shape index (κ1) is 22.5. The Morgan fingerprint density at radius 3 is 2.35 bits per heavy atom. The monoisotopic (exact) mass is 378 g/mol. The Labute approximate surface area is 162 Å². The molecule has 1 aliphatic rings. The van der Waals surface area contributed by atoms with E-state index in [-0.39, 0.29) is 11.4 Å². The number of amidine groups is 1. The molecule has 146 valence electrons. The molecule has 6 heteroatoms. The van der Waals surface area contributed by atoms with Gasteiger partial charge in [0.05, 0.1) is 17.1 Å². The van der Waals surface area contributed by atoms with E-state index in [0.717, 1.165) is 23.4 Å². The second-order valence-electron chi connectivity index (χ2n) is 6.35. The molecule has 0 bridgehead atoms. The van der Waals surface area contributed by atoms with Crippen molar-refractivity contribution in [3.05, 3.63) is 41.6 Å². The van der Waals surface area contributed by atoms with E-state index in [2.05, 4.69) is 24.6 Å². The summed E-state index contributed by atoms with van der Waals surface area (Å²) in [5.74, 6) is 0.579. The summed E-state index contributed by atoms with van der Waals surface area (Å²) < 4.78 is 0.147. The van der Waals surface area contributed by atoms with E-state index in [1.807, 2.05) is 36.0 Å². The molecule has 6 N–H and O–H groups in total. The number of aliphatic hydroxyl groups excluding tert-OH is 1. The first-order valence-electron chi connectivity index (χ1n) is 9.24. The van der Waals surface area contributed by atoms with Crippen LogP contribution in [0.5, 0.6) is 0 Å². The maximum atomic E-state index is 8.00. The molecular weight excluding hydrogens is 344 g/mol. The molecule has 0 radical (unpaired) electrons. The predicted octanol–water partition coefficient (Wildman–Crippen LogP) is 3.14. The molecule has 0 amide bonds. The first-order valence-corrected chi connectivity index (χ1v) is 10.5. The van der Waals surface area contributed by atoms with Crippen LogP contribution in [0, 0.1) is 0 Å². The van der Waals surface area contributed by atoms with Gasteiger partial charge in [-0.2, -0.15) is 11.8 Å². The standard InChI is InChI=1S/C17H25N3S.C3H9NO/c1-3-6-15(17(21-2)11-4-5-12-17)20-16(19)13-7-9-14(18)10-8-13;1-4-2-3-5/h6-10H,3-5,11-12,18H2,1-2H3,(H2,19,20);4-5H,2-3H2,1H3/b15-6-;. The van der Waals surface area contributed by atoms with Crippen LogP contribution in [0.1, 0.15) is 44.6 Å². The topological polar surface area (TPSA) is 96.7 Å². The van der Waals surface area contributed by atoms with Crippen molar-refractivity contribution in [3.8, 4) is 0 Å². The lowest BCUT2D eigenvalue weighted by molar-refractivity contribution is 0.296. The summed E-state index contributed by atoms with van der Waals surface area (Å²) in [5, 5.41) is 10.8. The lowest BCUT2D eigenvalue weighted by Crippen LogP contribution is -2.24. The maximum absolute atomic E-state index is 8.00. The van der Waals surface area contributed by atoms with Crippen molar-refractivity contribution in [3.63, 3.8) is 0 Å². The molecule has 1 aromatic rings. The van der Waals surface area contributed by atoms with E-state index in [9.17, 15) is 0 Å². The van der Waals surface area contributed by atoms with Gasteiger partial charge in [-0.05, 0) is 56.8 Å². The molecule has 0 aromatic heterocycles. The predicted molar refractivity (Wildman–Crippen MR) is 116 cm³/mol. The highest BCUT2D eigenvalue weighted by Crippen LogP contribution is 2.46. The van der Waals surface area contributed by atoms with Crippen molar-refractivity contribution < 1.29 is 5.11 Å². The molecule has 2 rings (SSSR count). The number of nitrogens with two attached hydrogens (primary N) is 2. The summed E-state index contributed by atoms with van der Waals surface area (Å²) in [4.78, 5) is 4.79. The number of aliphatic hydroxyl groups is 1. The molecule has 0 aliphatic heterocycles. The van der Waals surface area contributed by atoms with Gasteiger partial charge in [0, 0.05) is 17.8 Å². The van der Waals surface area contributed by atoms with Crippen LogP contribution < -0.4 is 16.8 Å². The van der Waals surface area contributed by atoms with E-state index in [1.54, 1.807) is 7.05 Å². The zero-order chi connectivity index (χ0) is 19.4. The number of hydrogen-bond acceptors (Lipinski definition) is 5. The number of nitrogen functional groups attached to an aromatic ring is 1. The molecule has 0 atom stereocenters. The van der Waals surface area contributed by atoms with Gasteiger partial charge in [-0.25, -0.2) is 4.99 Å². The van der Waals surface area contributed by atoms with Crippen LogP contribution in [0.4, 0.5) is 5.69 Å². The number of anilines is 1. The Morgan fingerprint density at radius 2 is 1.92 bits per heavy atom. The number of hydrogen-bond donors (Lipinski definition) is 4. The molecule has 0 spiro atoms. The number of benzene rings is 1. The van der Waals surface area contributed by atoms with Gasteiger partial charge < -0.3 is 21.9 Å². The molecule has 5 nitrogen and oxygen atoms in total. The van der Waals surface area contributed by atoms with Crippen LogP contribution in [0.15, 0.2) is 41.0 Å². The van der Waals surface area contributed by atoms with Crippen LogP contribution in [0.25, 0.3) is 0 Å². The van der Waals surface area contributed by atoms with Crippen LogP contribution in [0.3, 0.4) is 0 Å². The van der Waals surface area contributed by atoms with Gasteiger partial charge in [0.2, 0.25) is 0 Å². The molecule has 1 saturated carbocycles. The van der Waals surface area contributed by atoms with E-state index in [1.165, 1.54) is 25.7 Å². The van der Waals surface area contributed by atoms with Crippen LogP contribution in [0.2, 0.25) is 0 Å². The number of nitrogens with one attached hydrogen (secondary N) is 1. The van der Waals surface area contributed by atoms with Gasteiger partial charge in [-0.3, -0.25) is 0 Å². The fourth-order valence-electron chi connectivity index (χ4n) is 3.00. The third-order valence-electron chi connectivity index (χ3n) is 4.48. The Balaban J connectivity index is 0.000000597. The van der Waals surface area contributed by atoms with Crippen molar-refractivity contribution in [1.29, 1.82) is 0 Å². The number of aliphatic imine (C=N–C) groups is 1. The molecule has 1 aliphatic carbocycles. The highest BCUT2D eigenvalue weighted by molar-refractivity contribution is 8.00. The molecule has 0 heterocycles. The lowest BCUT2D eigenvalue weighted by atomic mass is 10.0. The summed E-state index contributed by atoms with van der Waals surface area (Å²) in [6, 6.07) is 7.58. The normalized spacial score (nSPS) is 16.9. The summed E-state index contributed by atoms with van der Waals surface area (Å²) in [5.41, 5.74) is 14.8. The van der Waals surface area contributed by atoms with Gasteiger partial charge in [-0.15, -0.1) is 0 Å². The minimum absolute atomic E-state index is 0.147. The van der Waals surface area contributed by atoms with Crippen LogP contribution in [-0.2, 0) is 0 Å². The van der Waals surface area contributed by atoms with Gasteiger partial charge in [0.15, 0.2) is 0 Å². The average Bonchev–Trinajstić information content (AvgIpc) is 3.13. The van der Waals surface area contributed by atoms with Gasteiger partial charge in [0.1, 0.15) is 5.84 Å². The maximum Gasteiger partial charge on any atom is 0.130 e. The van der Waals surface area contributed by atoms with Crippen molar-refractivity contribution in [2.45, 2.75) is 43.8 Å². The molecular formula is C20H34N4OS. The summed E-state index contributed by atoms with van der Waals surface area (Å²) in [6.07, 6.45) is 10.3. The van der Waals surface area contributed by atoms with Gasteiger partial charge in [0.25, 0.3) is 0 Å². The summed E-state index contributed by atoms with van der Waals surface area (Å²) in [6.45, 7) is 3.08. The molecule has 1 aromatic carbocycles. The van der Waals surface area contributed by atoms with E-state index < -0.39 is 0 Å². The lowest BCUT2D eigenvalue weighted by Gasteiger charge is -2.28. The zero-order valence-electron chi connectivity index (χ0n) is 16.3. The van der Waals surface area contributed by atoms with Gasteiger partial charge in [-0.1, -0.05) is 25.8 Å². The van der Waals surface area contributed by atoms with Crippen molar-refractivity contribution in [2.24, 2.45) is 10.7 Å². The van der Waals surface area contributed by atoms with E-state index in [0.29, 0.717) is 12.4 Å². The number of thioether (sulfide) groups is 1. The molecule has 26 heavy (non-hydrogen) atoms. The average molecular weight is 379 g/mol. The second kappa shape index (κ2) is 12.0. The third-order valence-corrected chi connectivity index (χ3v) is 5.87. The Morgan fingerprint density at radius 1 is 1.31 bits per heavy atom. The van der Waals surface area contributed by atoms with Crippen molar-refractivity contribution in [1.82, 2.24) is 5.32 Å². The highest BCUT2D eigenvalue weighted by atomic mass is 32.2. The minimum Gasteiger partial charge on any atom is -0.399 e. The number of likely N-dealkylation sites (N-methyl/N-ethyl adjacent to an activating group) is 1. The summed E-state index contributed by atoms with van der Waals surface area (Å²) >= 11 is 1.92. The fourth-order valence-corrected chi connectivity index (χ4v) is 4.03. The third kappa shape index (κ3) is 6.67. The van der Waals surface area contributed by atoms with Crippen molar-refractivity contribution >= 4 is 23.3 Å². The Hall–Kier alpha value is -1.50. The number of rotatable bonds is 7. The summed E-state index contributed by atoms with van der Waals surface area (Å²) in [7, 11) is 1.80. The zero-order valence-corrected chi connectivity index (χ0v) is 17.1. The second-order valence-corrected chi connectivity index (χ2v) is 7.54. The first-order chi connectivity index (χ1) is 12.5. The number of allylic oxidation sites excluding steroid dienone is 1. The smallest absolute Gasteiger partial charge is 0.130 e. The Kier molecular flexibility index (Phi) is 10.4. The van der Waals surface area contributed by atoms with Gasteiger partial charge >= 0.3 is 0 Å². The SMILES string of the molecule is CC/C=C(\N=C(N)c1ccc(N)cc1)C1(SC)CCCC1.CNCCO. The van der Waals surface area contributed by atoms with Crippen molar-refractivity contribution in [2.75, 3.05) is 32.2 Å². The van der Waals surface area contributed by atoms with Crippen LogP contribution in [-0.4, -0.2) is 42.1 Å². The minimum atomic E-state index is 0.147. The highest BCUT2D eigenvalue weighted by Gasteiger charge is 2.36. The quantitative estimate of drug-likeness (QED) is 0.332. The Bertz CT molecular complexity index is 576. The van der Waals surface area contributed by atoms with E-state index in [4.69, 9.17) is 21.6 Å². The fraction of sp³-hybridized carbons (Fsp3) is 0.550. The van der Waals surface area contributed by atoms with E-state index >= 15 is 0 Å². The number of nitrogens with zero attached hydrogens (tertiary/aromatic N) is 1.